The van der Waals surface area contributed by atoms with E-state index in [-0.39, 0.29) is 6.04 Å². The number of nitrogens with zero attached hydrogens (tertiary/aromatic N) is 2. The van der Waals surface area contributed by atoms with Gasteiger partial charge in [0.15, 0.2) is 0 Å². The van der Waals surface area contributed by atoms with Crippen LogP contribution in [0.25, 0.3) is 0 Å². The first kappa shape index (κ1) is 13.1. The zero-order valence-corrected chi connectivity index (χ0v) is 12.5. The molecule has 0 saturated heterocycles. The van der Waals surface area contributed by atoms with Crippen LogP contribution in [0.4, 0.5) is 0 Å². The summed E-state index contributed by atoms with van der Waals surface area (Å²) in [4.78, 5) is 0. The molecule has 0 aliphatic heterocycles. The van der Waals surface area contributed by atoms with Crippen molar-refractivity contribution in [1.82, 2.24) is 9.78 Å². The fourth-order valence-corrected chi connectivity index (χ4v) is 3.43. The van der Waals surface area contributed by atoms with Crippen LogP contribution in [0.1, 0.15) is 37.6 Å². The smallest absolute Gasteiger partial charge is 0.0738 e. The van der Waals surface area contributed by atoms with E-state index in [2.05, 4.69) is 28.0 Å². The standard InChI is InChI=1S/C13H22BrN3/c1-8-4-5-10(6-8)11(15)7-12-13(14)9(2)16-17(12)3/h8,10-11H,4-7,15H2,1-3H3. The molecule has 1 aliphatic rings. The van der Waals surface area contributed by atoms with Crippen molar-refractivity contribution in [3.63, 3.8) is 0 Å². The van der Waals surface area contributed by atoms with Crippen LogP contribution in [0.2, 0.25) is 0 Å². The molecule has 2 N–H and O–H groups in total. The average Bonchev–Trinajstić information content (AvgIpc) is 2.79. The van der Waals surface area contributed by atoms with Gasteiger partial charge in [-0.15, -0.1) is 0 Å². The summed E-state index contributed by atoms with van der Waals surface area (Å²) in [5.41, 5.74) is 8.64. The Hall–Kier alpha value is -0.350. The molecule has 96 valence electrons. The van der Waals surface area contributed by atoms with Crippen LogP contribution < -0.4 is 5.73 Å². The monoisotopic (exact) mass is 299 g/mol. The van der Waals surface area contributed by atoms with Gasteiger partial charge in [0.25, 0.3) is 0 Å². The van der Waals surface area contributed by atoms with Crippen molar-refractivity contribution >= 4 is 15.9 Å². The van der Waals surface area contributed by atoms with E-state index in [1.54, 1.807) is 0 Å². The molecule has 0 aromatic carbocycles. The average molecular weight is 300 g/mol. The molecule has 0 spiro atoms. The largest absolute Gasteiger partial charge is 0.327 e. The molecule has 1 heterocycles. The lowest BCUT2D eigenvalue weighted by molar-refractivity contribution is 0.408. The molecule has 4 heteroatoms. The third-order valence-electron chi connectivity index (χ3n) is 4.03. The Kier molecular flexibility index (Phi) is 3.93. The van der Waals surface area contributed by atoms with Crippen molar-refractivity contribution in [3.05, 3.63) is 15.9 Å². The zero-order chi connectivity index (χ0) is 12.6. The summed E-state index contributed by atoms with van der Waals surface area (Å²) in [5, 5.41) is 4.42. The Morgan fingerprint density at radius 2 is 2.24 bits per heavy atom. The summed E-state index contributed by atoms with van der Waals surface area (Å²) >= 11 is 3.61. The predicted octanol–water partition coefficient (Wildman–Crippen LogP) is 2.80. The number of nitrogens with two attached hydrogens (primary N) is 1. The summed E-state index contributed by atoms with van der Waals surface area (Å²) in [6.07, 6.45) is 4.84. The lowest BCUT2D eigenvalue weighted by atomic mass is 9.94. The first-order chi connectivity index (χ1) is 7.99. The van der Waals surface area contributed by atoms with Crippen LogP contribution >= 0.6 is 15.9 Å². The summed E-state index contributed by atoms with van der Waals surface area (Å²) in [5.74, 6) is 1.54. The SMILES string of the molecule is Cc1nn(C)c(CC(N)C2CCC(C)C2)c1Br. The third kappa shape index (κ3) is 2.74. The van der Waals surface area contributed by atoms with Gasteiger partial charge in [-0.2, -0.15) is 5.10 Å². The van der Waals surface area contributed by atoms with E-state index < -0.39 is 0 Å². The summed E-state index contributed by atoms with van der Waals surface area (Å²) in [7, 11) is 2.00. The molecule has 1 aliphatic carbocycles. The van der Waals surface area contributed by atoms with E-state index in [4.69, 9.17) is 5.73 Å². The van der Waals surface area contributed by atoms with Crippen LogP contribution in [-0.4, -0.2) is 15.8 Å². The quantitative estimate of drug-likeness (QED) is 0.933. The van der Waals surface area contributed by atoms with Gasteiger partial charge < -0.3 is 5.73 Å². The van der Waals surface area contributed by atoms with E-state index in [1.807, 2.05) is 18.7 Å². The van der Waals surface area contributed by atoms with Gasteiger partial charge in [0.05, 0.1) is 15.9 Å². The normalized spacial score (nSPS) is 26.4. The van der Waals surface area contributed by atoms with E-state index in [0.717, 1.165) is 22.5 Å². The summed E-state index contributed by atoms with van der Waals surface area (Å²) in [6.45, 7) is 4.35. The van der Waals surface area contributed by atoms with Gasteiger partial charge in [0.1, 0.15) is 0 Å². The number of hydrogen-bond donors (Lipinski definition) is 1. The summed E-state index contributed by atoms with van der Waals surface area (Å²) in [6, 6.07) is 0.269. The third-order valence-corrected chi connectivity index (χ3v) is 5.06. The fourth-order valence-electron chi connectivity index (χ4n) is 2.93. The second-order valence-electron chi connectivity index (χ2n) is 5.52. The minimum Gasteiger partial charge on any atom is -0.327 e. The minimum atomic E-state index is 0.269. The van der Waals surface area contributed by atoms with Crippen LogP contribution in [0.3, 0.4) is 0 Å². The lowest BCUT2D eigenvalue weighted by Gasteiger charge is -2.19. The predicted molar refractivity (Wildman–Crippen MR) is 73.8 cm³/mol. The maximum absolute atomic E-state index is 6.36. The van der Waals surface area contributed by atoms with Crippen molar-refractivity contribution in [3.8, 4) is 0 Å². The Balaban J connectivity index is 2.05. The number of aromatic nitrogens is 2. The first-order valence-electron chi connectivity index (χ1n) is 6.42. The van der Waals surface area contributed by atoms with Crippen LogP contribution in [-0.2, 0) is 13.5 Å². The number of aryl methyl sites for hydroxylation is 2. The highest BCUT2D eigenvalue weighted by molar-refractivity contribution is 9.10. The Bertz CT molecular complexity index is 400. The molecular weight excluding hydrogens is 278 g/mol. The Morgan fingerprint density at radius 1 is 1.53 bits per heavy atom. The van der Waals surface area contributed by atoms with Crippen LogP contribution in [0, 0.1) is 18.8 Å². The molecule has 1 aromatic heterocycles. The molecule has 3 atom stereocenters. The molecule has 0 radical (unpaired) electrons. The van der Waals surface area contributed by atoms with Crippen molar-refractivity contribution in [1.29, 1.82) is 0 Å². The van der Waals surface area contributed by atoms with Crippen LogP contribution in [0.5, 0.6) is 0 Å². The van der Waals surface area contributed by atoms with Gasteiger partial charge in [-0.3, -0.25) is 4.68 Å². The zero-order valence-electron chi connectivity index (χ0n) is 10.9. The maximum Gasteiger partial charge on any atom is 0.0738 e. The van der Waals surface area contributed by atoms with Gasteiger partial charge >= 0.3 is 0 Å². The topological polar surface area (TPSA) is 43.8 Å². The van der Waals surface area contributed by atoms with Crippen molar-refractivity contribution in [2.45, 2.75) is 45.6 Å². The van der Waals surface area contributed by atoms with Crippen molar-refractivity contribution in [2.24, 2.45) is 24.6 Å². The molecule has 3 unspecified atom stereocenters. The van der Waals surface area contributed by atoms with Crippen molar-refractivity contribution in [2.75, 3.05) is 0 Å². The molecule has 2 rings (SSSR count). The Morgan fingerprint density at radius 3 is 2.71 bits per heavy atom. The molecule has 1 saturated carbocycles. The minimum absolute atomic E-state index is 0.269. The van der Waals surface area contributed by atoms with Gasteiger partial charge in [-0.05, 0) is 47.5 Å². The second kappa shape index (κ2) is 5.11. The molecule has 17 heavy (non-hydrogen) atoms. The highest BCUT2D eigenvalue weighted by atomic mass is 79.9. The highest BCUT2D eigenvalue weighted by Gasteiger charge is 2.27. The first-order valence-corrected chi connectivity index (χ1v) is 7.22. The molecular formula is C13H22BrN3. The molecule has 0 amide bonds. The number of rotatable bonds is 3. The van der Waals surface area contributed by atoms with E-state index in [9.17, 15) is 0 Å². The molecule has 1 fully saturated rings. The van der Waals surface area contributed by atoms with Gasteiger partial charge in [0.2, 0.25) is 0 Å². The molecule has 0 bridgehead atoms. The maximum atomic E-state index is 6.36. The van der Waals surface area contributed by atoms with Gasteiger partial charge in [0, 0.05) is 19.5 Å². The Labute approximate surface area is 112 Å². The van der Waals surface area contributed by atoms with Gasteiger partial charge in [-0.25, -0.2) is 0 Å². The lowest BCUT2D eigenvalue weighted by Crippen LogP contribution is -2.31. The summed E-state index contributed by atoms with van der Waals surface area (Å²) < 4.78 is 3.08. The van der Waals surface area contributed by atoms with E-state index in [0.29, 0.717) is 5.92 Å². The van der Waals surface area contributed by atoms with Crippen molar-refractivity contribution < 1.29 is 0 Å². The fraction of sp³-hybridized carbons (Fsp3) is 0.769. The van der Waals surface area contributed by atoms with E-state index >= 15 is 0 Å². The highest BCUT2D eigenvalue weighted by Crippen LogP contribution is 2.33. The molecule has 1 aromatic rings. The molecule has 3 nitrogen and oxygen atoms in total. The number of hydrogen-bond acceptors (Lipinski definition) is 2. The van der Waals surface area contributed by atoms with Crippen LogP contribution in [0.15, 0.2) is 4.47 Å². The number of halogens is 1. The van der Waals surface area contributed by atoms with E-state index in [1.165, 1.54) is 25.0 Å². The second-order valence-corrected chi connectivity index (χ2v) is 6.31. The van der Waals surface area contributed by atoms with Gasteiger partial charge in [-0.1, -0.05) is 13.3 Å².